The molecule has 1 atom stereocenters. The zero-order valence-corrected chi connectivity index (χ0v) is 10.6. The zero-order chi connectivity index (χ0) is 13.2. The van der Waals surface area contributed by atoms with E-state index in [1.807, 2.05) is 30.3 Å². The summed E-state index contributed by atoms with van der Waals surface area (Å²) in [6, 6.07) is 16.3. The molecule has 1 unspecified atom stereocenters. The molecule has 96 valence electrons. The average molecular weight is 252 g/mol. The molecule has 0 saturated carbocycles. The van der Waals surface area contributed by atoms with Gasteiger partial charge in [-0.25, -0.2) is 0 Å². The summed E-state index contributed by atoms with van der Waals surface area (Å²) < 4.78 is 0. The van der Waals surface area contributed by atoms with Gasteiger partial charge in [0, 0.05) is 18.2 Å². The van der Waals surface area contributed by atoms with E-state index in [1.165, 1.54) is 16.7 Å². The lowest BCUT2D eigenvalue weighted by Crippen LogP contribution is -2.15. The molecule has 0 spiro atoms. The fourth-order valence-corrected chi connectivity index (χ4v) is 2.61. The maximum absolute atomic E-state index is 11.3. The molecule has 1 amide bonds. The zero-order valence-electron chi connectivity index (χ0n) is 10.6. The molecule has 3 nitrogen and oxygen atoms in total. The Labute approximate surface area is 112 Å². The van der Waals surface area contributed by atoms with Crippen LogP contribution in [0.1, 0.15) is 33.1 Å². The summed E-state index contributed by atoms with van der Waals surface area (Å²) in [4.78, 5) is 11.3. The maximum Gasteiger partial charge on any atom is 0.248 e. The Hall–Kier alpha value is -2.13. The molecular formula is C16H16N2O. The van der Waals surface area contributed by atoms with Crippen LogP contribution in [-0.2, 0) is 13.0 Å². The number of primary amides is 1. The minimum atomic E-state index is -0.367. The number of benzene rings is 2. The number of amides is 1. The fourth-order valence-electron chi connectivity index (χ4n) is 2.61. The minimum absolute atomic E-state index is 0.261. The quantitative estimate of drug-likeness (QED) is 0.879. The lowest BCUT2D eigenvalue weighted by molar-refractivity contribution is 0.1000. The first-order chi connectivity index (χ1) is 9.24. The molecule has 2 aromatic carbocycles. The second-order valence-corrected chi connectivity index (χ2v) is 4.90. The minimum Gasteiger partial charge on any atom is -0.366 e. The van der Waals surface area contributed by atoms with Gasteiger partial charge in [0.1, 0.15) is 0 Å². The molecule has 0 aliphatic carbocycles. The predicted molar refractivity (Wildman–Crippen MR) is 74.7 cm³/mol. The highest BCUT2D eigenvalue weighted by molar-refractivity contribution is 5.93. The van der Waals surface area contributed by atoms with Crippen molar-refractivity contribution in [3.05, 3.63) is 70.8 Å². The summed E-state index contributed by atoms with van der Waals surface area (Å²) >= 11 is 0. The number of rotatable bonds is 3. The molecule has 0 radical (unpaired) electrons. The number of hydrogen-bond donors (Lipinski definition) is 2. The van der Waals surface area contributed by atoms with Gasteiger partial charge in [0.15, 0.2) is 0 Å². The first-order valence-corrected chi connectivity index (χ1v) is 6.44. The summed E-state index contributed by atoms with van der Waals surface area (Å²) in [6.45, 7) is 0.853. The van der Waals surface area contributed by atoms with Crippen LogP contribution in [0.5, 0.6) is 0 Å². The van der Waals surface area contributed by atoms with Crippen molar-refractivity contribution in [2.45, 2.75) is 19.0 Å². The Kier molecular flexibility index (Phi) is 3.05. The Balaban J connectivity index is 1.88. The Morgan fingerprint density at radius 2 is 2.00 bits per heavy atom. The van der Waals surface area contributed by atoms with E-state index < -0.39 is 0 Å². The fraction of sp³-hybridized carbons (Fsp3) is 0.188. The highest BCUT2D eigenvalue weighted by Gasteiger charge is 2.22. The van der Waals surface area contributed by atoms with Gasteiger partial charge in [-0.1, -0.05) is 36.4 Å². The molecule has 19 heavy (non-hydrogen) atoms. The summed E-state index contributed by atoms with van der Waals surface area (Å²) in [7, 11) is 0. The molecule has 0 bridgehead atoms. The smallest absolute Gasteiger partial charge is 0.248 e. The highest BCUT2D eigenvalue weighted by Crippen LogP contribution is 2.29. The van der Waals surface area contributed by atoms with Gasteiger partial charge in [-0.05, 0) is 35.2 Å². The van der Waals surface area contributed by atoms with Crippen LogP contribution in [0.4, 0.5) is 0 Å². The SMILES string of the molecule is NC(=O)c1ccc2c(c1)C(Cc1ccccc1)NC2. The van der Waals surface area contributed by atoms with Crippen molar-refractivity contribution in [2.24, 2.45) is 5.73 Å². The molecule has 2 aromatic rings. The van der Waals surface area contributed by atoms with E-state index in [0.29, 0.717) is 5.56 Å². The number of hydrogen-bond acceptors (Lipinski definition) is 2. The number of carbonyl (C=O) groups is 1. The monoisotopic (exact) mass is 252 g/mol. The molecule has 0 fully saturated rings. The normalized spacial score (nSPS) is 17.2. The molecule has 1 aliphatic rings. The second kappa shape index (κ2) is 4.86. The number of nitrogens with one attached hydrogen (secondary N) is 1. The van der Waals surface area contributed by atoms with E-state index in [4.69, 9.17) is 5.73 Å². The van der Waals surface area contributed by atoms with Crippen molar-refractivity contribution in [2.75, 3.05) is 0 Å². The van der Waals surface area contributed by atoms with Crippen LogP contribution in [-0.4, -0.2) is 5.91 Å². The topological polar surface area (TPSA) is 55.1 Å². The summed E-state index contributed by atoms with van der Waals surface area (Å²) in [5.41, 5.74) is 9.67. The van der Waals surface area contributed by atoms with Gasteiger partial charge in [-0.15, -0.1) is 0 Å². The highest BCUT2D eigenvalue weighted by atomic mass is 16.1. The van der Waals surface area contributed by atoms with Crippen LogP contribution in [0.2, 0.25) is 0 Å². The van der Waals surface area contributed by atoms with E-state index in [2.05, 4.69) is 17.4 Å². The van der Waals surface area contributed by atoms with Crippen LogP contribution in [0.3, 0.4) is 0 Å². The van der Waals surface area contributed by atoms with Crippen molar-refractivity contribution in [3.63, 3.8) is 0 Å². The first kappa shape index (κ1) is 11.9. The standard InChI is InChI=1S/C16H16N2O/c17-16(19)12-6-7-13-10-18-15(14(13)9-12)8-11-4-2-1-3-5-11/h1-7,9,15,18H,8,10H2,(H2,17,19). The van der Waals surface area contributed by atoms with Crippen molar-refractivity contribution in [3.8, 4) is 0 Å². The third kappa shape index (κ3) is 2.37. The summed E-state index contributed by atoms with van der Waals surface area (Å²) in [6.07, 6.45) is 0.927. The largest absolute Gasteiger partial charge is 0.366 e. The Morgan fingerprint density at radius 1 is 1.21 bits per heavy atom. The van der Waals surface area contributed by atoms with Crippen LogP contribution in [0, 0.1) is 0 Å². The van der Waals surface area contributed by atoms with Gasteiger partial charge in [0.25, 0.3) is 0 Å². The molecular weight excluding hydrogens is 236 g/mol. The number of fused-ring (bicyclic) bond motifs is 1. The van der Waals surface area contributed by atoms with Gasteiger partial charge in [-0.3, -0.25) is 4.79 Å². The summed E-state index contributed by atoms with van der Waals surface area (Å²) in [5.74, 6) is -0.367. The van der Waals surface area contributed by atoms with Crippen molar-refractivity contribution in [1.82, 2.24) is 5.32 Å². The van der Waals surface area contributed by atoms with Gasteiger partial charge in [-0.2, -0.15) is 0 Å². The first-order valence-electron chi connectivity index (χ1n) is 6.44. The van der Waals surface area contributed by atoms with E-state index in [-0.39, 0.29) is 11.9 Å². The average Bonchev–Trinajstić information content (AvgIpc) is 2.82. The second-order valence-electron chi connectivity index (χ2n) is 4.90. The van der Waals surface area contributed by atoms with Gasteiger partial charge >= 0.3 is 0 Å². The Bertz CT molecular complexity index is 607. The van der Waals surface area contributed by atoms with Crippen LogP contribution in [0.25, 0.3) is 0 Å². The van der Waals surface area contributed by atoms with Crippen molar-refractivity contribution >= 4 is 5.91 Å². The van der Waals surface area contributed by atoms with Gasteiger partial charge in [0.05, 0.1) is 0 Å². The lowest BCUT2D eigenvalue weighted by Gasteiger charge is -2.12. The Morgan fingerprint density at radius 3 is 2.74 bits per heavy atom. The molecule has 1 heterocycles. The van der Waals surface area contributed by atoms with Crippen LogP contribution >= 0.6 is 0 Å². The molecule has 3 N–H and O–H groups in total. The van der Waals surface area contributed by atoms with Gasteiger partial charge in [0.2, 0.25) is 5.91 Å². The third-order valence-corrected chi connectivity index (χ3v) is 3.63. The van der Waals surface area contributed by atoms with Crippen LogP contribution in [0.15, 0.2) is 48.5 Å². The van der Waals surface area contributed by atoms with E-state index in [9.17, 15) is 4.79 Å². The van der Waals surface area contributed by atoms with E-state index >= 15 is 0 Å². The molecule has 3 heteroatoms. The predicted octanol–water partition coefficient (Wildman–Crippen LogP) is 2.17. The molecule has 3 rings (SSSR count). The van der Waals surface area contributed by atoms with Crippen molar-refractivity contribution in [1.29, 1.82) is 0 Å². The molecule has 0 saturated heterocycles. The number of carbonyl (C=O) groups excluding carboxylic acids is 1. The molecule has 0 aromatic heterocycles. The van der Waals surface area contributed by atoms with Crippen LogP contribution < -0.4 is 11.1 Å². The maximum atomic E-state index is 11.3. The van der Waals surface area contributed by atoms with Gasteiger partial charge < -0.3 is 11.1 Å². The van der Waals surface area contributed by atoms with E-state index in [1.54, 1.807) is 6.07 Å². The lowest BCUT2D eigenvalue weighted by atomic mass is 9.97. The molecule has 1 aliphatic heterocycles. The van der Waals surface area contributed by atoms with E-state index in [0.717, 1.165) is 13.0 Å². The third-order valence-electron chi connectivity index (χ3n) is 3.63. The summed E-state index contributed by atoms with van der Waals surface area (Å²) in [5, 5.41) is 3.48. The number of nitrogens with two attached hydrogens (primary N) is 1. The van der Waals surface area contributed by atoms with Crippen molar-refractivity contribution < 1.29 is 4.79 Å².